The SMILES string of the molecule is CC(C)(C)N1CC2(CCC(CC(C)(C)N3CC4(CCNCC4)C3)NC2)C1. The molecule has 4 saturated heterocycles. The largest absolute Gasteiger partial charge is 0.317 e. The number of rotatable bonds is 3. The molecule has 0 aromatic heterocycles. The number of hydrogen-bond donors (Lipinski definition) is 2. The van der Waals surface area contributed by atoms with Gasteiger partial charge in [-0.15, -0.1) is 0 Å². The van der Waals surface area contributed by atoms with Gasteiger partial charge in [0, 0.05) is 55.3 Å². The molecule has 4 heterocycles. The molecule has 150 valence electrons. The third-order valence-corrected chi connectivity index (χ3v) is 8.11. The Hall–Kier alpha value is -0.160. The van der Waals surface area contributed by atoms with Crippen LogP contribution in [0.5, 0.6) is 0 Å². The maximum absolute atomic E-state index is 3.95. The van der Waals surface area contributed by atoms with Crippen LogP contribution in [-0.2, 0) is 0 Å². The number of hydrogen-bond acceptors (Lipinski definition) is 4. The molecule has 0 aromatic rings. The van der Waals surface area contributed by atoms with Gasteiger partial charge in [0.25, 0.3) is 0 Å². The van der Waals surface area contributed by atoms with E-state index < -0.39 is 0 Å². The van der Waals surface area contributed by atoms with Gasteiger partial charge in [-0.3, -0.25) is 9.80 Å². The molecule has 0 amide bonds. The lowest BCUT2D eigenvalue weighted by molar-refractivity contribution is -0.0959. The monoisotopic (exact) mass is 362 g/mol. The van der Waals surface area contributed by atoms with Crippen LogP contribution in [0.25, 0.3) is 0 Å². The second-order valence-corrected chi connectivity index (χ2v) is 11.8. The Morgan fingerprint density at radius 1 is 0.846 bits per heavy atom. The van der Waals surface area contributed by atoms with Crippen molar-refractivity contribution in [2.75, 3.05) is 45.8 Å². The fraction of sp³-hybridized carbons (Fsp3) is 1.00. The molecule has 0 bridgehead atoms. The van der Waals surface area contributed by atoms with Crippen molar-refractivity contribution < 1.29 is 0 Å². The molecular formula is C22H42N4. The van der Waals surface area contributed by atoms with Crippen LogP contribution < -0.4 is 10.6 Å². The van der Waals surface area contributed by atoms with Gasteiger partial charge in [-0.25, -0.2) is 0 Å². The summed E-state index contributed by atoms with van der Waals surface area (Å²) in [5.74, 6) is 0. The van der Waals surface area contributed by atoms with Crippen LogP contribution in [0.2, 0.25) is 0 Å². The minimum absolute atomic E-state index is 0.339. The van der Waals surface area contributed by atoms with E-state index in [9.17, 15) is 0 Å². The van der Waals surface area contributed by atoms with Gasteiger partial charge >= 0.3 is 0 Å². The third kappa shape index (κ3) is 3.59. The Balaban J connectivity index is 1.23. The lowest BCUT2D eigenvalue weighted by Gasteiger charge is -2.60. The van der Waals surface area contributed by atoms with Crippen LogP contribution >= 0.6 is 0 Å². The summed E-state index contributed by atoms with van der Waals surface area (Å²) in [7, 11) is 0. The quantitative estimate of drug-likeness (QED) is 0.808. The number of piperidine rings is 2. The summed E-state index contributed by atoms with van der Waals surface area (Å²) < 4.78 is 0. The average molecular weight is 363 g/mol. The minimum Gasteiger partial charge on any atom is -0.317 e. The maximum atomic E-state index is 3.95. The van der Waals surface area contributed by atoms with E-state index in [1.54, 1.807) is 0 Å². The molecule has 4 nitrogen and oxygen atoms in total. The smallest absolute Gasteiger partial charge is 0.0168 e. The van der Waals surface area contributed by atoms with Gasteiger partial charge in [0.05, 0.1) is 0 Å². The Kier molecular flexibility index (Phi) is 4.74. The van der Waals surface area contributed by atoms with E-state index in [1.807, 2.05) is 0 Å². The first-order chi connectivity index (χ1) is 12.1. The van der Waals surface area contributed by atoms with Crippen LogP contribution in [0.15, 0.2) is 0 Å². The molecule has 4 rings (SSSR count). The van der Waals surface area contributed by atoms with Crippen molar-refractivity contribution in [1.29, 1.82) is 0 Å². The molecule has 26 heavy (non-hydrogen) atoms. The first-order valence-electron chi connectivity index (χ1n) is 11.1. The van der Waals surface area contributed by atoms with Crippen molar-refractivity contribution in [2.45, 2.75) is 83.8 Å². The van der Waals surface area contributed by atoms with E-state index in [0.717, 1.165) is 0 Å². The van der Waals surface area contributed by atoms with Gasteiger partial charge in [-0.2, -0.15) is 0 Å². The number of nitrogens with zero attached hydrogens (tertiary/aromatic N) is 2. The van der Waals surface area contributed by atoms with Crippen molar-refractivity contribution in [2.24, 2.45) is 10.8 Å². The maximum Gasteiger partial charge on any atom is 0.0168 e. The minimum atomic E-state index is 0.339. The summed E-state index contributed by atoms with van der Waals surface area (Å²) in [6.07, 6.45) is 6.86. The van der Waals surface area contributed by atoms with E-state index in [1.165, 1.54) is 77.9 Å². The third-order valence-electron chi connectivity index (χ3n) is 8.11. The summed E-state index contributed by atoms with van der Waals surface area (Å²) in [5.41, 5.74) is 1.90. The van der Waals surface area contributed by atoms with E-state index in [4.69, 9.17) is 0 Å². The highest BCUT2D eigenvalue weighted by Crippen LogP contribution is 2.45. The van der Waals surface area contributed by atoms with Gasteiger partial charge in [0.15, 0.2) is 0 Å². The summed E-state index contributed by atoms with van der Waals surface area (Å²) in [6.45, 7) is 21.0. The molecule has 4 heteroatoms. The normalized spacial score (nSPS) is 32.4. The molecule has 4 aliphatic heterocycles. The molecule has 0 radical (unpaired) electrons. The van der Waals surface area contributed by atoms with Gasteiger partial charge in [0.1, 0.15) is 0 Å². The molecule has 0 aliphatic carbocycles. The van der Waals surface area contributed by atoms with Gasteiger partial charge < -0.3 is 10.6 Å². The Labute approximate surface area is 161 Å². The fourth-order valence-electron chi connectivity index (χ4n) is 5.91. The van der Waals surface area contributed by atoms with Gasteiger partial charge in [-0.05, 0) is 85.2 Å². The zero-order valence-corrected chi connectivity index (χ0v) is 18.0. The number of nitrogens with one attached hydrogen (secondary N) is 2. The van der Waals surface area contributed by atoms with Crippen LogP contribution in [-0.4, -0.2) is 72.7 Å². The average Bonchev–Trinajstić information content (AvgIpc) is 2.50. The van der Waals surface area contributed by atoms with E-state index in [0.29, 0.717) is 27.9 Å². The van der Waals surface area contributed by atoms with Crippen molar-refractivity contribution in [3.8, 4) is 0 Å². The van der Waals surface area contributed by atoms with Crippen molar-refractivity contribution in [3.63, 3.8) is 0 Å². The van der Waals surface area contributed by atoms with Crippen LogP contribution in [0.1, 0.15) is 66.7 Å². The first kappa shape index (κ1) is 19.2. The molecule has 4 aliphatic rings. The Bertz CT molecular complexity index is 491. The second kappa shape index (κ2) is 6.43. The van der Waals surface area contributed by atoms with Gasteiger partial charge in [-0.1, -0.05) is 0 Å². The van der Waals surface area contributed by atoms with E-state index in [2.05, 4.69) is 55.1 Å². The van der Waals surface area contributed by atoms with E-state index >= 15 is 0 Å². The summed E-state index contributed by atoms with van der Waals surface area (Å²) in [5, 5.41) is 7.48. The van der Waals surface area contributed by atoms with Crippen molar-refractivity contribution in [3.05, 3.63) is 0 Å². The van der Waals surface area contributed by atoms with Crippen molar-refractivity contribution in [1.82, 2.24) is 20.4 Å². The zero-order valence-electron chi connectivity index (χ0n) is 18.0. The predicted molar refractivity (Wildman–Crippen MR) is 110 cm³/mol. The summed E-state index contributed by atoms with van der Waals surface area (Å²) in [6, 6.07) is 0.712. The molecule has 1 unspecified atom stereocenters. The molecule has 1 atom stereocenters. The Morgan fingerprint density at radius 3 is 2.00 bits per heavy atom. The predicted octanol–water partition coefficient (Wildman–Crippen LogP) is 2.69. The second-order valence-electron chi connectivity index (χ2n) is 11.8. The Morgan fingerprint density at radius 2 is 1.46 bits per heavy atom. The van der Waals surface area contributed by atoms with Crippen LogP contribution in [0.4, 0.5) is 0 Å². The lowest BCUT2D eigenvalue weighted by Crippen LogP contribution is -2.69. The highest BCUT2D eigenvalue weighted by Gasteiger charge is 2.51. The first-order valence-corrected chi connectivity index (χ1v) is 11.1. The highest BCUT2D eigenvalue weighted by atomic mass is 15.3. The van der Waals surface area contributed by atoms with Crippen LogP contribution in [0, 0.1) is 10.8 Å². The van der Waals surface area contributed by atoms with Crippen molar-refractivity contribution >= 4 is 0 Å². The highest BCUT2D eigenvalue weighted by molar-refractivity contribution is 5.06. The summed E-state index contributed by atoms with van der Waals surface area (Å²) in [4.78, 5) is 5.42. The molecule has 4 fully saturated rings. The summed E-state index contributed by atoms with van der Waals surface area (Å²) >= 11 is 0. The molecule has 0 aromatic carbocycles. The lowest BCUT2D eigenvalue weighted by atomic mass is 9.68. The van der Waals surface area contributed by atoms with Gasteiger partial charge in [0.2, 0.25) is 0 Å². The standard InChI is InChI=1S/C22H42N4/c1-19(2,3)25-16-22(17-25)7-6-18(24-13-22)12-20(4,5)26-14-21(15-26)8-10-23-11-9-21/h18,23-24H,6-17H2,1-5H3. The fourth-order valence-corrected chi connectivity index (χ4v) is 5.91. The molecule has 2 N–H and O–H groups in total. The van der Waals surface area contributed by atoms with Crippen LogP contribution in [0.3, 0.4) is 0 Å². The molecule has 2 spiro atoms. The zero-order chi connectivity index (χ0) is 18.6. The molecular weight excluding hydrogens is 320 g/mol. The topological polar surface area (TPSA) is 30.5 Å². The molecule has 0 saturated carbocycles. The van der Waals surface area contributed by atoms with E-state index in [-0.39, 0.29) is 0 Å². The number of likely N-dealkylation sites (tertiary alicyclic amines) is 2.